The van der Waals surface area contributed by atoms with Crippen LogP contribution in [0.4, 0.5) is 10.1 Å². The molecule has 140 valence electrons. The summed E-state index contributed by atoms with van der Waals surface area (Å²) < 4.78 is 25.3. The smallest absolute Gasteiger partial charge is 0.258 e. The van der Waals surface area contributed by atoms with Crippen LogP contribution in [0.1, 0.15) is 23.1 Å². The Balaban J connectivity index is 1.81. The van der Waals surface area contributed by atoms with E-state index >= 15 is 0 Å². The summed E-state index contributed by atoms with van der Waals surface area (Å²) in [5.74, 6) is -1.35. The molecule has 2 aromatic rings. The van der Waals surface area contributed by atoms with Crippen LogP contribution in [0.2, 0.25) is 0 Å². The molecule has 4 rings (SSSR count). The molecule has 0 radical (unpaired) electrons. The number of benzene rings is 2. The van der Waals surface area contributed by atoms with E-state index in [1.165, 1.54) is 12.1 Å². The molecule has 5 nitrogen and oxygen atoms in total. The van der Waals surface area contributed by atoms with Gasteiger partial charge in [0.2, 0.25) is 0 Å². The number of hydrogen-bond donors (Lipinski definition) is 1. The fraction of sp³-hybridized carbons (Fsp3) is 0.286. The second-order valence-corrected chi connectivity index (χ2v) is 6.70. The van der Waals surface area contributed by atoms with Crippen molar-refractivity contribution >= 4 is 23.2 Å². The third-order valence-corrected chi connectivity index (χ3v) is 5.01. The Hall–Kier alpha value is -2.54. The predicted molar refractivity (Wildman–Crippen MR) is 101 cm³/mol. The normalized spacial score (nSPS) is 19.7. The highest BCUT2D eigenvalue weighted by atomic mass is 19.1. The molecular weight excluding hydrogens is 347 g/mol. The first-order valence-electron chi connectivity index (χ1n) is 8.92. The first kappa shape index (κ1) is 17.9. The van der Waals surface area contributed by atoms with Gasteiger partial charge in [-0.25, -0.2) is 4.39 Å². The maximum absolute atomic E-state index is 13.5. The number of halogens is 1. The van der Waals surface area contributed by atoms with Crippen LogP contribution in [0, 0.1) is 5.82 Å². The van der Waals surface area contributed by atoms with Gasteiger partial charge in [0.05, 0.1) is 18.9 Å². The number of amides is 1. The van der Waals surface area contributed by atoms with Crippen molar-refractivity contribution in [3.8, 4) is 0 Å². The Bertz CT molecular complexity index is 919. The summed E-state index contributed by atoms with van der Waals surface area (Å²) in [5.41, 5.74) is 9.32. The van der Waals surface area contributed by atoms with Crippen LogP contribution < -0.4 is 10.6 Å². The van der Waals surface area contributed by atoms with Crippen molar-refractivity contribution < 1.29 is 18.7 Å². The first-order valence-corrected chi connectivity index (χ1v) is 8.92. The molecule has 0 aliphatic carbocycles. The molecule has 0 spiro atoms. The lowest BCUT2D eigenvalue weighted by atomic mass is 9.96. The molecule has 0 bridgehead atoms. The molecule has 2 aliphatic heterocycles. The van der Waals surface area contributed by atoms with E-state index < -0.39 is 5.79 Å². The van der Waals surface area contributed by atoms with E-state index in [2.05, 4.69) is 0 Å². The zero-order valence-electron chi connectivity index (χ0n) is 15.1. The van der Waals surface area contributed by atoms with Crippen LogP contribution in [0.5, 0.6) is 0 Å². The van der Waals surface area contributed by atoms with Gasteiger partial charge in [-0.2, -0.15) is 0 Å². The Kier molecular flexibility index (Phi) is 4.55. The van der Waals surface area contributed by atoms with Crippen molar-refractivity contribution in [2.75, 3.05) is 31.7 Å². The van der Waals surface area contributed by atoms with Gasteiger partial charge in [-0.3, -0.25) is 4.79 Å². The highest BCUT2D eigenvalue weighted by Gasteiger charge is 2.40. The molecule has 1 amide bonds. The number of carbonyl (C=O) groups is 1. The van der Waals surface area contributed by atoms with Crippen molar-refractivity contribution in [1.29, 1.82) is 0 Å². The van der Waals surface area contributed by atoms with Gasteiger partial charge in [-0.15, -0.1) is 0 Å². The Morgan fingerprint density at radius 1 is 1.22 bits per heavy atom. The molecule has 2 N–H and O–H groups in total. The van der Waals surface area contributed by atoms with Gasteiger partial charge in [0, 0.05) is 30.2 Å². The van der Waals surface area contributed by atoms with Gasteiger partial charge in [-0.05, 0) is 42.4 Å². The van der Waals surface area contributed by atoms with Crippen LogP contribution in [-0.2, 0) is 20.1 Å². The minimum absolute atomic E-state index is 0.132. The van der Waals surface area contributed by atoms with Crippen molar-refractivity contribution in [2.24, 2.45) is 5.73 Å². The second-order valence-electron chi connectivity index (χ2n) is 6.70. The van der Waals surface area contributed by atoms with Gasteiger partial charge < -0.3 is 20.1 Å². The number of nitrogens with zero attached hydrogens (tertiary/aromatic N) is 1. The lowest BCUT2D eigenvalue weighted by Crippen LogP contribution is -2.30. The van der Waals surface area contributed by atoms with Crippen molar-refractivity contribution in [2.45, 2.75) is 12.2 Å². The van der Waals surface area contributed by atoms with Gasteiger partial charge in [0.15, 0.2) is 5.79 Å². The number of ether oxygens (including phenoxy) is 2. The SMILES string of the molecule is CN1C(=O)/C(=C\c2cccc(F)c2)c2cc(C3(CCN)OCCO3)ccc21. The highest BCUT2D eigenvalue weighted by molar-refractivity contribution is 6.35. The van der Waals surface area contributed by atoms with Crippen molar-refractivity contribution in [3.05, 3.63) is 65.0 Å². The third-order valence-electron chi connectivity index (χ3n) is 5.01. The van der Waals surface area contributed by atoms with E-state index in [4.69, 9.17) is 15.2 Å². The topological polar surface area (TPSA) is 64.8 Å². The van der Waals surface area contributed by atoms with Gasteiger partial charge in [0.25, 0.3) is 5.91 Å². The minimum atomic E-state index is -0.877. The maximum atomic E-state index is 13.5. The van der Waals surface area contributed by atoms with Crippen LogP contribution in [0.15, 0.2) is 42.5 Å². The number of anilines is 1. The molecule has 2 aromatic carbocycles. The van der Waals surface area contributed by atoms with E-state index in [0.717, 1.165) is 16.8 Å². The van der Waals surface area contributed by atoms with Crippen LogP contribution in [0.3, 0.4) is 0 Å². The van der Waals surface area contributed by atoms with Crippen molar-refractivity contribution in [1.82, 2.24) is 0 Å². The van der Waals surface area contributed by atoms with E-state index in [9.17, 15) is 9.18 Å². The number of carbonyl (C=O) groups excluding carboxylic acids is 1. The molecule has 0 unspecified atom stereocenters. The van der Waals surface area contributed by atoms with Crippen LogP contribution in [0.25, 0.3) is 11.6 Å². The second kappa shape index (κ2) is 6.88. The summed E-state index contributed by atoms with van der Waals surface area (Å²) in [5, 5.41) is 0. The van der Waals surface area contributed by atoms with E-state index in [-0.39, 0.29) is 11.7 Å². The summed E-state index contributed by atoms with van der Waals surface area (Å²) in [6, 6.07) is 11.9. The van der Waals surface area contributed by atoms with E-state index in [0.29, 0.717) is 37.3 Å². The Labute approximate surface area is 157 Å². The number of likely N-dealkylation sites (N-methyl/N-ethyl adjacent to an activating group) is 1. The van der Waals surface area contributed by atoms with E-state index in [1.807, 2.05) is 18.2 Å². The largest absolute Gasteiger partial charge is 0.343 e. The zero-order valence-corrected chi connectivity index (χ0v) is 15.1. The number of fused-ring (bicyclic) bond motifs is 1. The molecular formula is C21H21FN2O3. The molecule has 0 atom stereocenters. The average Bonchev–Trinajstić information content (AvgIpc) is 3.22. The highest BCUT2D eigenvalue weighted by Crippen LogP contribution is 2.42. The summed E-state index contributed by atoms with van der Waals surface area (Å²) in [7, 11) is 1.73. The lowest BCUT2D eigenvalue weighted by molar-refractivity contribution is -0.168. The average molecular weight is 368 g/mol. The number of rotatable bonds is 4. The molecule has 0 saturated carbocycles. The molecule has 1 fully saturated rings. The summed E-state index contributed by atoms with van der Waals surface area (Å²) >= 11 is 0. The molecule has 2 heterocycles. The summed E-state index contributed by atoms with van der Waals surface area (Å²) in [4.78, 5) is 14.4. The summed E-state index contributed by atoms with van der Waals surface area (Å²) in [6.45, 7) is 1.42. The molecule has 0 aromatic heterocycles. The van der Waals surface area contributed by atoms with Gasteiger partial charge in [-0.1, -0.05) is 18.2 Å². The molecule has 6 heteroatoms. The quantitative estimate of drug-likeness (QED) is 0.843. The minimum Gasteiger partial charge on any atom is -0.343 e. The Morgan fingerprint density at radius 2 is 2.00 bits per heavy atom. The number of hydrogen-bond acceptors (Lipinski definition) is 4. The molecule has 1 saturated heterocycles. The van der Waals surface area contributed by atoms with Crippen molar-refractivity contribution in [3.63, 3.8) is 0 Å². The monoisotopic (exact) mass is 368 g/mol. The standard InChI is InChI=1S/C21H21FN2O3/c1-24-19-6-5-15(21(7-8-23)26-9-10-27-21)13-17(19)18(20(24)25)12-14-3-2-4-16(22)11-14/h2-6,11-13H,7-10,23H2,1H3/b18-12-. The molecule has 27 heavy (non-hydrogen) atoms. The van der Waals surface area contributed by atoms with Crippen LogP contribution in [-0.4, -0.2) is 32.7 Å². The van der Waals surface area contributed by atoms with Crippen LogP contribution >= 0.6 is 0 Å². The number of nitrogens with two attached hydrogens (primary N) is 1. The molecule has 2 aliphatic rings. The predicted octanol–water partition coefficient (Wildman–Crippen LogP) is 2.89. The first-order chi connectivity index (χ1) is 13.0. The van der Waals surface area contributed by atoms with E-state index in [1.54, 1.807) is 30.2 Å². The summed E-state index contributed by atoms with van der Waals surface area (Å²) in [6.07, 6.45) is 2.24. The third kappa shape index (κ3) is 3.06. The zero-order chi connectivity index (χ0) is 19.0. The maximum Gasteiger partial charge on any atom is 0.258 e. The fourth-order valence-corrected chi connectivity index (χ4v) is 3.69. The van der Waals surface area contributed by atoms with Gasteiger partial charge >= 0.3 is 0 Å². The van der Waals surface area contributed by atoms with Gasteiger partial charge in [0.1, 0.15) is 5.82 Å². The Morgan fingerprint density at radius 3 is 2.70 bits per heavy atom. The fourth-order valence-electron chi connectivity index (χ4n) is 3.69. The lowest BCUT2D eigenvalue weighted by Gasteiger charge is -2.28.